The molecule has 3 aliphatic heterocycles. The summed E-state index contributed by atoms with van der Waals surface area (Å²) in [5.41, 5.74) is 1.65. The van der Waals surface area contributed by atoms with Gasteiger partial charge >= 0.3 is 6.09 Å². The van der Waals surface area contributed by atoms with Crippen molar-refractivity contribution in [1.29, 1.82) is 0 Å². The van der Waals surface area contributed by atoms with E-state index in [1.165, 1.54) is 19.3 Å². The van der Waals surface area contributed by atoms with Crippen molar-refractivity contribution >= 4 is 34.3 Å². The zero-order valence-corrected chi connectivity index (χ0v) is 29.3. The second-order valence-electron chi connectivity index (χ2n) is 15.1. The van der Waals surface area contributed by atoms with E-state index in [1.807, 2.05) is 60.8 Å². The predicted octanol–water partition coefficient (Wildman–Crippen LogP) is 6.05. The van der Waals surface area contributed by atoms with E-state index in [0.717, 1.165) is 61.8 Å². The molecule has 4 fully saturated rings. The second-order valence-corrected chi connectivity index (χ2v) is 15.1. The number of ether oxygens (including phenoxy) is 4. The van der Waals surface area contributed by atoms with Crippen molar-refractivity contribution in [1.82, 2.24) is 19.7 Å². The van der Waals surface area contributed by atoms with Crippen molar-refractivity contribution in [2.45, 2.75) is 95.4 Å². The maximum absolute atomic E-state index is 14.1. The van der Waals surface area contributed by atoms with Gasteiger partial charge in [0.1, 0.15) is 16.8 Å². The smallest absolute Gasteiger partial charge is 0.410 e. The van der Waals surface area contributed by atoms with Crippen LogP contribution in [0.1, 0.15) is 84.1 Å². The Labute approximate surface area is 288 Å². The maximum atomic E-state index is 14.1. The zero-order valence-electron chi connectivity index (χ0n) is 29.3. The van der Waals surface area contributed by atoms with Crippen LogP contribution in [0.15, 0.2) is 36.7 Å². The Morgan fingerprint density at radius 3 is 2.53 bits per heavy atom. The molecule has 1 aliphatic carbocycles. The lowest BCUT2D eigenvalue weighted by molar-refractivity contribution is -0.140. The summed E-state index contributed by atoms with van der Waals surface area (Å²) in [7, 11) is 1.62. The van der Waals surface area contributed by atoms with Crippen LogP contribution in [0.25, 0.3) is 10.9 Å². The van der Waals surface area contributed by atoms with Crippen molar-refractivity contribution in [3.63, 3.8) is 0 Å². The Balaban J connectivity index is 1.07. The van der Waals surface area contributed by atoms with E-state index in [1.54, 1.807) is 13.3 Å². The van der Waals surface area contributed by atoms with Gasteiger partial charge in [-0.05, 0) is 83.8 Å². The number of hydrogen-bond donors (Lipinski definition) is 1. The molecule has 2 amide bonds. The van der Waals surface area contributed by atoms with Gasteiger partial charge in [-0.25, -0.2) is 9.48 Å². The Kier molecular flexibility index (Phi) is 9.45. The lowest BCUT2D eigenvalue weighted by Gasteiger charge is -2.43. The van der Waals surface area contributed by atoms with Crippen molar-refractivity contribution < 1.29 is 28.5 Å². The fraction of sp³-hybridized carbons (Fsp3) is 0.622. The van der Waals surface area contributed by atoms with Gasteiger partial charge in [0.15, 0.2) is 6.23 Å². The highest BCUT2D eigenvalue weighted by Gasteiger charge is 2.49. The number of fused-ring (bicyclic) bond motifs is 1. The summed E-state index contributed by atoms with van der Waals surface area (Å²) in [6.45, 7) is 9.30. The molecule has 1 unspecified atom stereocenters. The fourth-order valence-corrected chi connectivity index (χ4v) is 7.38. The molecular formula is C37H50N6O6. The first-order chi connectivity index (χ1) is 23.6. The Bertz CT molecular complexity index is 1640. The standard InChI is InChI=1S/C37H50N6O6/c1-36(2,3)49-35(45)42(21-25-9-7-10-25)27-11-8-15-41(22-27)26-13-14-32(38-19-26)37(23-47-24-37)34(44)40-30-17-28(46-4)18-31-29(30)20-39-43(31)33-12-5-6-16-48-33/h13-14,17-20,25,27,33H,5-12,15-16,21-24H2,1-4H3,(H,40,44)/t27-,33?/m1/s1. The summed E-state index contributed by atoms with van der Waals surface area (Å²) in [5, 5.41) is 8.64. The molecular weight excluding hydrogens is 624 g/mol. The van der Waals surface area contributed by atoms with Crippen LogP contribution in [0.3, 0.4) is 0 Å². The van der Waals surface area contributed by atoms with Crippen molar-refractivity contribution in [3.8, 4) is 5.75 Å². The Hall–Kier alpha value is -3.90. The third kappa shape index (κ3) is 6.94. The molecule has 12 heteroatoms. The zero-order chi connectivity index (χ0) is 34.2. The third-order valence-electron chi connectivity index (χ3n) is 10.5. The average molecular weight is 675 g/mol. The van der Waals surface area contributed by atoms with E-state index in [0.29, 0.717) is 36.2 Å². The molecule has 5 heterocycles. The number of rotatable bonds is 9. The quantitative estimate of drug-likeness (QED) is 0.289. The number of benzene rings is 1. The first-order valence-corrected chi connectivity index (χ1v) is 17.9. The van der Waals surface area contributed by atoms with Crippen molar-refractivity contribution in [3.05, 3.63) is 42.4 Å². The number of amides is 2. The van der Waals surface area contributed by atoms with Gasteiger partial charge in [0, 0.05) is 43.8 Å². The van der Waals surface area contributed by atoms with E-state index in [4.69, 9.17) is 23.9 Å². The van der Waals surface area contributed by atoms with Crippen LogP contribution in [0.5, 0.6) is 5.75 Å². The average Bonchev–Trinajstić information content (AvgIpc) is 3.48. The van der Waals surface area contributed by atoms with Gasteiger partial charge in [0.2, 0.25) is 5.91 Å². The van der Waals surface area contributed by atoms with Gasteiger partial charge < -0.3 is 34.1 Å². The van der Waals surface area contributed by atoms with Crippen molar-refractivity contribution in [2.75, 3.05) is 56.8 Å². The summed E-state index contributed by atoms with van der Waals surface area (Å²) in [4.78, 5) is 36.6. The third-order valence-corrected chi connectivity index (χ3v) is 10.5. The van der Waals surface area contributed by atoms with E-state index < -0.39 is 11.0 Å². The van der Waals surface area contributed by atoms with Gasteiger partial charge in [-0.2, -0.15) is 5.10 Å². The van der Waals surface area contributed by atoms with Crippen LogP contribution < -0.4 is 15.0 Å². The van der Waals surface area contributed by atoms with Crippen molar-refractivity contribution in [2.24, 2.45) is 5.92 Å². The molecule has 264 valence electrons. The summed E-state index contributed by atoms with van der Waals surface area (Å²) < 4.78 is 25.0. The van der Waals surface area contributed by atoms with Gasteiger partial charge in [0.05, 0.1) is 61.3 Å². The van der Waals surface area contributed by atoms with Gasteiger partial charge in [-0.3, -0.25) is 9.78 Å². The molecule has 3 saturated heterocycles. The minimum Gasteiger partial charge on any atom is -0.497 e. The normalized spacial score (nSPS) is 22.6. The van der Waals surface area contributed by atoms with Crippen LogP contribution in [-0.2, 0) is 24.4 Å². The van der Waals surface area contributed by atoms with E-state index in [2.05, 4.69) is 15.3 Å². The Morgan fingerprint density at radius 2 is 1.90 bits per heavy atom. The minimum atomic E-state index is -0.920. The van der Waals surface area contributed by atoms with Gasteiger partial charge in [-0.1, -0.05) is 6.42 Å². The number of pyridine rings is 1. The molecule has 3 aromatic rings. The number of carbonyl (C=O) groups is 2. The minimum absolute atomic E-state index is 0.0646. The number of anilines is 2. The molecule has 1 aromatic carbocycles. The molecule has 2 atom stereocenters. The summed E-state index contributed by atoms with van der Waals surface area (Å²) in [5.74, 6) is 0.989. The number of aromatic nitrogens is 3. The molecule has 0 radical (unpaired) electrons. The molecule has 4 aliphatic rings. The number of nitrogens with one attached hydrogen (secondary N) is 1. The van der Waals surface area contributed by atoms with E-state index in [-0.39, 0.29) is 37.5 Å². The van der Waals surface area contributed by atoms with Crippen LogP contribution in [0, 0.1) is 5.92 Å². The monoisotopic (exact) mass is 674 g/mol. The SMILES string of the molecule is COc1cc(NC(=O)C2(c3ccc(N4CCC[C@@H](N(CC5CCC5)C(=O)OC(C)(C)C)C4)cn3)COC2)c2cnn(C3CCCCO3)c2c1. The van der Waals surface area contributed by atoms with Crippen LogP contribution >= 0.6 is 0 Å². The lowest BCUT2D eigenvalue weighted by atomic mass is 9.80. The number of carbonyl (C=O) groups excluding carboxylic acids is 2. The number of methoxy groups -OCH3 is 1. The second kappa shape index (κ2) is 13.8. The lowest BCUT2D eigenvalue weighted by Crippen LogP contribution is -2.56. The summed E-state index contributed by atoms with van der Waals surface area (Å²) in [6, 6.07) is 7.81. The first-order valence-electron chi connectivity index (χ1n) is 17.9. The maximum Gasteiger partial charge on any atom is 0.410 e. The molecule has 7 rings (SSSR count). The molecule has 2 aromatic heterocycles. The molecule has 49 heavy (non-hydrogen) atoms. The molecule has 1 N–H and O–H groups in total. The van der Waals surface area contributed by atoms with Gasteiger partial charge in [-0.15, -0.1) is 0 Å². The van der Waals surface area contributed by atoms with E-state index in [9.17, 15) is 9.59 Å². The topological polar surface area (TPSA) is 120 Å². The Morgan fingerprint density at radius 1 is 1.06 bits per heavy atom. The molecule has 12 nitrogen and oxygen atoms in total. The number of hydrogen-bond acceptors (Lipinski definition) is 9. The first kappa shape index (κ1) is 33.6. The highest BCUT2D eigenvalue weighted by Crippen LogP contribution is 2.38. The molecule has 0 bridgehead atoms. The summed E-state index contributed by atoms with van der Waals surface area (Å²) in [6.07, 6.45) is 11.8. The molecule has 0 spiro atoms. The fourth-order valence-electron chi connectivity index (χ4n) is 7.38. The largest absolute Gasteiger partial charge is 0.497 e. The van der Waals surface area contributed by atoms with Crippen LogP contribution in [0.4, 0.5) is 16.2 Å². The van der Waals surface area contributed by atoms with Gasteiger partial charge in [0.25, 0.3) is 0 Å². The highest BCUT2D eigenvalue weighted by atomic mass is 16.6. The molecule has 1 saturated carbocycles. The summed E-state index contributed by atoms with van der Waals surface area (Å²) >= 11 is 0. The highest BCUT2D eigenvalue weighted by molar-refractivity contribution is 6.06. The van der Waals surface area contributed by atoms with Crippen LogP contribution in [0.2, 0.25) is 0 Å². The number of nitrogens with zero attached hydrogens (tertiary/aromatic N) is 5. The van der Waals surface area contributed by atoms with E-state index >= 15 is 0 Å². The predicted molar refractivity (Wildman–Crippen MR) is 186 cm³/mol. The van der Waals surface area contributed by atoms with Crippen LogP contribution in [-0.4, -0.2) is 89.9 Å². The number of piperidine rings is 1.